The molecule has 6 atom stereocenters. The molecule has 4 fully saturated rings. The van der Waals surface area contributed by atoms with Gasteiger partial charge in [-0.25, -0.2) is 5.06 Å². The summed E-state index contributed by atoms with van der Waals surface area (Å²) in [6, 6.07) is 10.3. The number of ether oxygens (including phenoxy) is 4. The van der Waals surface area contributed by atoms with Gasteiger partial charge in [0.1, 0.15) is 24.4 Å². The monoisotopic (exact) mass is 319 g/mol. The van der Waals surface area contributed by atoms with Crippen molar-refractivity contribution < 1.29 is 23.8 Å². The zero-order valence-electron chi connectivity index (χ0n) is 13.3. The molecule has 0 amide bonds. The molecule has 0 saturated carbocycles. The van der Waals surface area contributed by atoms with Crippen LogP contribution in [0.15, 0.2) is 30.3 Å². The van der Waals surface area contributed by atoms with Crippen LogP contribution in [-0.2, 0) is 23.8 Å². The molecule has 0 aliphatic carbocycles. The minimum Gasteiger partial charge on any atom is -0.370 e. The van der Waals surface area contributed by atoms with Gasteiger partial charge in [-0.05, 0) is 26.0 Å². The minimum atomic E-state index is -0.620. The predicted octanol–water partition coefficient (Wildman–Crippen LogP) is 1.84. The summed E-state index contributed by atoms with van der Waals surface area (Å²) in [7, 11) is 0. The Morgan fingerprint density at radius 1 is 1.04 bits per heavy atom. The molecular formula is C17H21NO5. The van der Waals surface area contributed by atoms with Gasteiger partial charge in [-0.2, -0.15) is 0 Å². The first-order valence-electron chi connectivity index (χ1n) is 8.24. The summed E-state index contributed by atoms with van der Waals surface area (Å²) in [6.45, 7) is 4.37. The van der Waals surface area contributed by atoms with E-state index in [0.717, 1.165) is 12.1 Å². The molecule has 124 valence electrons. The lowest BCUT2D eigenvalue weighted by Gasteiger charge is -2.34. The molecule has 0 N–H and O–H groups in total. The van der Waals surface area contributed by atoms with Gasteiger partial charge < -0.3 is 18.9 Å². The molecule has 23 heavy (non-hydrogen) atoms. The number of hydroxylamine groups is 1. The van der Waals surface area contributed by atoms with Gasteiger partial charge in [0.05, 0.1) is 18.3 Å². The standard InChI is InChI=1S/C17H21NO5/c1-17(2)21-15-14-13(20-16(15)22-17)12-8-11(9-19-14)23-18(12)10-6-4-3-5-7-10/h3-7,11-16H,8-9H2,1-2H3/t11-,12+,13+,14+,15+,16+/m0/s1. The van der Waals surface area contributed by atoms with Gasteiger partial charge in [0.25, 0.3) is 0 Å². The highest BCUT2D eigenvalue weighted by atomic mass is 16.8. The maximum atomic E-state index is 6.19. The van der Waals surface area contributed by atoms with E-state index >= 15 is 0 Å². The number of hydrogen-bond donors (Lipinski definition) is 0. The molecule has 6 nitrogen and oxygen atoms in total. The fraction of sp³-hybridized carbons (Fsp3) is 0.647. The molecule has 4 aliphatic rings. The molecule has 4 heterocycles. The van der Waals surface area contributed by atoms with E-state index in [1.165, 1.54) is 0 Å². The van der Waals surface area contributed by atoms with Gasteiger partial charge in [-0.1, -0.05) is 18.2 Å². The van der Waals surface area contributed by atoms with Crippen LogP contribution in [0.4, 0.5) is 5.69 Å². The van der Waals surface area contributed by atoms with Crippen LogP contribution in [0.3, 0.4) is 0 Å². The zero-order chi connectivity index (χ0) is 15.6. The van der Waals surface area contributed by atoms with Crippen molar-refractivity contribution in [3.05, 3.63) is 30.3 Å². The van der Waals surface area contributed by atoms with Crippen LogP contribution in [0.2, 0.25) is 0 Å². The van der Waals surface area contributed by atoms with E-state index in [2.05, 4.69) is 12.1 Å². The normalized spacial score (nSPS) is 44.0. The Morgan fingerprint density at radius 2 is 1.87 bits per heavy atom. The molecular weight excluding hydrogens is 298 g/mol. The van der Waals surface area contributed by atoms with Crippen molar-refractivity contribution in [1.82, 2.24) is 0 Å². The Balaban J connectivity index is 1.44. The Labute approximate surface area is 135 Å². The molecule has 6 heteroatoms. The number of hydrogen-bond acceptors (Lipinski definition) is 6. The third-order valence-corrected chi connectivity index (χ3v) is 4.96. The van der Waals surface area contributed by atoms with Crippen molar-refractivity contribution in [2.75, 3.05) is 11.7 Å². The summed E-state index contributed by atoms with van der Waals surface area (Å²) < 4.78 is 24.1. The lowest BCUT2D eigenvalue weighted by atomic mass is 10.0. The molecule has 0 aromatic heterocycles. The van der Waals surface area contributed by atoms with Crippen LogP contribution in [0.25, 0.3) is 0 Å². The lowest BCUT2D eigenvalue weighted by Crippen LogP contribution is -2.48. The SMILES string of the molecule is CC1(C)O[C@H]2O[C@H]3[C@@H](OC[C@@H]4C[C@H]3N(c3ccccc3)O4)[C@H]2O1. The summed E-state index contributed by atoms with van der Waals surface area (Å²) in [4.78, 5) is 6.07. The number of fused-ring (bicyclic) bond motifs is 6. The van der Waals surface area contributed by atoms with Gasteiger partial charge in [-0.3, -0.25) is 4.84 Å². The highest BCUT2D eigenvalue weighted by Gasteiger charge is 2.60. The first-order chi connectivity index (χ1) is 11.1. The van der Waals surface area contributed by atoms with Crippen LogP contribution in [0.5, 0.6) is 0 Å². The van der Waals surface area contributed by atoms with Crippen LogP contribution in [0, 0.1) is 0 Å². The second kappa shape index (κ2) is 4.91. The fourth-order valence-electron chi connectivity index (χ4n) is 4.06. The Hall–Kier alpha value is -1.18. The highest BCUT2D eigenvalue weighted by molar-refractivity contribution is 5.46. The smallest absolute Gasteiger partial charge is 0.190 e. The van der Waals surface area contributed by atoms with Crippen molar-refractivity contribution >= 4 is 5.69 Å². The summed E-state index contributed by atoms with van der Waals surface area (Å²) >= 11 is 0. The fourth-order valence-corrected chi connectivity index (χ4v) is 4.06. The van der Waals surface area contributed by atoms with E-state index in [0.29, 0.717) is 6.61 Å². The molecule has 0 spiro atoms. The molecule has 2 bridgehead atoms. The molecule has 4 aliphatic heterocycles. The first-order valence-corrected chi connectivity index (χ1v) is 8.24. The summed E-state index contributed by atoms with van der Waals surface area (Å²) in [5.41, 5.74) is 1.04. The Morgan fingerprint density at radius 3 is 2.70 bits per heavy atom. The van der Waals surface area contributed by atoms with Crippen molar-refractivity contribution in [2.45, 2.75) is 62.8 Å². The van der Waals surface area contributed by atoms with Crippen LogP contribution in [0.1, 0.15) is 20.3 Å². The summed E-state index contributed by atoms with van der Waals surface area (Å²) in [5.74, 6) is -0.620. The van der Waals surface area contributed by atoms with E-state index in [-0.39, 0.29) is 36.7 Å². The van der Waals surface area contributed by atoms with Crippen molar-refractivity contribution in [2.24, 2.45) is 0 Å². The van der Waals surface area contributed by atoms with Crippen molar-refractivity contribution in [1.29, 1.82) is 0 Å². The first kappa shape index (κ1) is 14.2. The molecule has 1 aromatic rings. The quantitative estimate of drug-likeness (QED) is 0.787. The summed E-state index contributed by atoms with van der Waals surface area (Å²) in [5, 5.41) is 1.98. The zero-order valence-corrected chi connectivity index (χ0v) is 13.3. The second-order valence-corrected chi connectivity index (χ2v) is 7.06. The molecule has 1 aromatic carbocycles. The molecule has 0 radical (unpaired) electrons. The lowest BCUT2D eigenvalue weighted by molar-refractivity contribution is -0.222. The second-order valence-electron chi connectivity index (χ2n) is 7.06. The van der Waals surface area contributed by atoms with Gasteiger partial charge in [0, 0.05) is 6.42 Å². The Bertz CT molecular complexity index is 594. The van der Waals surface area contributed by atoms with E-state index in [1.807, 2.05) is 37.1 Å². The Kier molecular flexibility index (Phi) is 3.03. The number of nitrogens with zero attached hydrogens (tertiary/aromatic N) is 1. The third kappa shape index (κ3) is 2.21. The number of para-hydroxylation sites is 1. The van der Waals surface area contributed by atoms with Crippen LogP contribution < -0.4 is 5.06 Å². The average Bonchev–Trinajstić information content (AvgIpc) is 3.11. The minimum absolute atomic E-state index is 0.0585. The molecule has 4 saturated heterocycles. The third-order valence-electron chi connectivity index (χ3n) is 4.96. The van der Waals surface area contributed by atoms with Gasteiger partial charge in [-0.15, -0.1) is 0 Å². The van der Waals surface area contributed by atoms with E-state index < -0.39 is 5.79 Å². The number of anilines is 1. The summed E-state index contributed by atoms with van der Waals surface area (Å²) in [6.07, 6.45) is 0.171. The maximum Gasteiger partial charge on any atom is 0.190 e. The van der Waals surface area contributed by atoms with Crippen molar-refractivity contribution in [3.8, 4) is 0 Å². The average molecular weight is 319 g/mol. The van der Waals surface area contributed by atoms with Gasteiger partial charge >= 0.3 is 0 Å². The van der Waals surface area contributed by atoms with Crippen molar-refractivity contribution in [3.63, 3.8) is 0 Å². The largest absolute Gasteiger partial charge is 0.370 e. The van der Waals surface area contributed by atoms with E-state index in [4.69, 9.17) is 23.8 Å². The van der Waals surface area contributed by atoms with Crippen LogP contribution >= 0.6 is 0 Å². The molecule has 0 unspecified atom stereocenters. The topological polar surface area (TPSA) is 49.4 Å². The van der Waals surface area contributed by atoms with E-state index in [9.17, 15) is 0 Å². The highest BCUT2D eigenvalue weighted by Crippen LogP contribution is 2.45. The maximum absolute atomic E-state index is 6.19. The van der Waals surface area contributed by atoms with E-state index in [1.54, 1.807) is 0 Å². The van der Waals surface area contributed by atoms with Gasteiger partial charge in [0.15, 0.2) is 12.1 Å². The van der Waals surface area contributed by atoms with Crippen LogP contribution in [-0.4, -0.2) is 49.1 Å². The number of rotatable bonds is 1. The molecule has 5 rings (SSSR count). The predicted molar refractivity (Wildman–Crippen MR) is 80.6 cm³/mol. The van der Waals surface area contributed by atoms with Gasteiger partial charge in [0.2, 0.25) is 0 Å². The number of benzene rings is 1.